The molecule has 2 heteroatoms. The molecule has 0 saturated heterocycles. The average Bonchev–Trinajstić information content (AvgIpc) is 2.16. The molecule has 16 heavy (non-hydrogen) atoms. The van der Waals surface area contributed by atoms with E-state index < -0.39 is 8.32 Å². The largest absolute Gasteiger partial charge is 0.548 e. The molecule has 1 aliphatic rings. The van der Waals surface area contributed by atoms with Gasteiger partial charge in [-0.05, 0) is 56.8 Å². The molecule has 0 radical (unpaired) electrons. The maximum atomic E-state index is 6.11. The van der Waals surface area contributed by atoms with E-state index in [2.05, 4.69) is 39.2 Å². The van der Waals surface area contributed by atoms with Gasteiger partial charge in [-0.1, -0.05) is 13.0 Å². The Balaban J connectivity index is 2.61. The number of hydrogen-bond donors (Lipinski definition) is 0. The van der Waals surface area contributed by atoms with Crippen LogP contribution in [0.25, 0.3) is 0 Å². The molecule has 0 saturated carbocycles. The van der Waals surface area contributed by atoms with Crippen LogP contribution < -0.4 is 0 Å². The van der Waals surface area contributed by atoms with Crippen molar-refractivity contribution >= 4 is 8.32 Å². The van der Waals surface area contributed by atoms with Crippen molar-refractivity contribution in [3.8, 4) is 0 Å². The zero-order chi connectivity index (χ0) is 12.2. The lowest BCUT2D eigenvalue weighted by Gasteiger charge is -2.29. The third kappa shape index (κ3) is 4.56. The van der Waals surface area contributed by atoms with Crippen molar-refractivity contribution in [2.24, 2.45) is 11.8 Å². The second kappa shape index (κ2) is 5.71. The summed E-state index contributed by atoms with van der Waals surface area (Å²) < 4.78 is 6.11. The predicted octanol–water partition coefficient (Wildman–Crippen LogP) is 4.73. The molecule has 1 rings (SSSR count). The highest BCUT2D eigenvalue weighted by Gasteiger charge is 2.23. The molecule has 0 aromatic carbocycles. The molecule has 2 atom stereocenters. The third-order valence-corrected chi connectivity index (χ3v) is 3.94. The molecule has 1 aliphatic carbocycles. The van der Waals surface area contributed by atoms with Crippen LogP contribution in [0.2, 0.25) is 19.6 Å². The maximum Gasteiger partial charge on any atom is 0.241 e. The van der Waals surface area contributed by atoms with E-state index in [1.54, 1.807) is 0 Å². The smallest absolute Gasteiger partial charge is 0.241 e. The Hall–Kier alpha value is -0.503. The fourth-order valence-corrected chi connectivity index (χ4v) is 3.24. The molecule has 0 bridgehead atoms. The molecule has 1 nitrogen and oxygen atoms in total. The first-order valence-corrected chi connectivity index (χ1v) is 9.84. The molecule has 0 fully saturated rings. The van der Waals surface area contributed by atoms with Crippen LogP contribution in [0.1, 0.15) is 32.6 Å². The Kier molecular flexibility index (Phi) is 4.84. The van der Waals surface area contributed by atoms with Gasteiger partial charge >= 0.3 is 0 Å². The standard InChI is InChI=1S/C14H26OSi/c1-6-8-12(2)13-9-7-10-14(11-13)15-16(3,4)5/h6,11-13H,1,7-10H2,2-5H3. The van der Waals surface area contributed by atoms with Crippen molar-refractivity contribution < 1.29 is 4.43 Å². The van der Waals surface area contributed by atoms with Gasteiger partial charge in [0, 0.05) is 6.42 Å². The van der Waals surface area contributed by atoms with Crippen LogP contribution >= 0.6 is 0 Å². The summed E-state index contributed by atoms with van der Waals surface area (Å²) in [5, 5.41) is 0. The minimum absolute atomic E-state index is 0.693. The van der Waals surface area contributed by atoms with Gasteiger partial charge in [0.2, 0.25) is 8.32 Å². The summed E-state index contributed by atoms with van der Waals surface area (Å²) in [6, 6.07) is 0. The first-order chi connectivity index (χ1) is 7.42. The van der Waals surface area contributed by atoms with Crippen LogP contribution in [0.4, 0.5) is 0 Å². The Morgan fingerprint density at radius 3 is 2.81 bits per heavy atom. The summed E-state index contributed by atoms with van der Waals surface area (Å²) in [6.45, 7) is 12.9. The fourth-order valence-electron chi connectivity index (χ4n) is 2.28. The van der Waals surface area contributed by atoms with Crippen molar-refractivity contribution in [3.63, 3.8) is 0 Å². The maximum absolute atomic E-state index is 6.11. The third-order valence-electron chi connectivity index (χ3n) is 3.07. The average molecular weight is 238 g/mol. The lowest BCUT2D eigenvalue weighted by atomic mass is 9.83. The van der Waals surface area contributed by atoms with Gasteiger partial charge in [0.05, 0.1) is 5.76 Å². The molecule has 0 heterocycles. The van der Waals surface area contributed by atoms with Crippen molar-refractivity contribution in [1.82, 2.24) is 0 Å². The van der Waals surface area contributed by atoms with E-state index in [-0.39, 0.29) is 0 Å². The van der Waals surface area contributed by atoms with E-state index in [4.69, 9.17) is 4.43 Å². The van der Waals surface area contributed by atoms with Crippen molar-refractivity contribution in [3.05, 3.63) is 24.5 Å². The number of rotatable bonds is 5. The second-order valence-electron chi connectivity index (χ2n) is 5.91. The van der Waals surface area contributed by atoms with Crippen LogP contribution in [-0.4, -0.2) is 8.32 Å². The lowest BCUT2D eigenvalue weighted by molar-refractivity contribution is 0.319. The molecule has 0 aliphatic heterocycles. The molecule has 0 amide bonds. The second-order valence-corrected chi connectivity index (χ2v) is 10.3. The molecule has 0 aromatic rings. The Bertz CT molecular complexity index is 262. The van der Waals surface area contributed by atoms with Crippen LogP contribution in [0.5, 0.6) is 0 Å². The van der Waals surface area contributed by atoms with Gasteiger partial charge in [0.15, 0.2) is 0 Å². The van der Waals surface area contributed by atoms with Gasteiger partial charge in [-0.3, -0.25) is 0 Å². The minimum atomic E-state index is -1.42. The first-order valence-electron chi connectivity index (χ1n) is 6.43. The van der Waals surface area contributed by atoms with Crippen LogP contribution in [-0.2, 0) is 4.43 Å². The van der Waals surface area contributed by atoms with Crippen molar-refractivity contribution in [1.29, 1.82) is 0 Å². The molecule has 0 spiro atoms. The Morgan fingerprint density at radius 1 is 1.56 bits per heavy atom. The van der Waals surface area contributed by atoms with E-state index in [1.165, 1.54) is 18.6 Å². The predicted molar refractivity (Wildman–Crippen MR) is 73.8 cm³/mol. The van der Waals surface area contributed by atoms with Gasteiger partial charge < -0.3 is 4.43 Å². The summed E-state index contributed by atoms with van der Waals surface area (Å²) >= 11 is 0. The number of allylic oxidation sites excluding steroid dienone is 3. The van der Waals surface area contributed by atoms with Gasteiger partial charge in [-0.2, -0.15) is 0 Å². The molecule has 2 unspecified atom stereocenters. The summed E-state index contributed by atoms with van der Waals surface area (Å²) in [4.78, 5) is 0. The summed E-state index contributed by atoms with van der Waals surface area (Å²) in [7, 11) is -1.42. The van der Waals surface area contributed by atoms with E-state index in [1.807, 2.05) is 6.08 Å². The molecular formula is C14H26OSi. The highest BCUT2D eigenvalue weighted by atomic mass is 28.4. The van der Waals surface area contributed by atoms with E-state index >= 15 is 0 Å². The fraction of sp³-hybridized carbons (Fsp3) is 0.714. The zero-order valence-corrected chi connectivity index (χ0v) is 12.3. The van der Waals surface area contributed by atoms with Gasteiger partial charge in [0.1, 0.15) is 0 Å². The summed E-state index contributed by atoms with van der Waals surface area (Å²) in [6.07, 6.45) is 9.26. The van der Waals surface area contributed by atoms with Crippen LogP contribution in [0, 0.1) is 11.8 Å². The van der Waals surface area contributed by atoms with E-state index in [0.717, 1.165) is 12.8 Å². The Morgan fingerprint density at radius 2 is 2.25 bits per heavy atom. The number of hydrogen-bond acceptors (Lipinski definition) is 1. The molecular weight excluding hydrogens is 212 g/mol. The normalized spacial score (nSPS) is 23.5. The zero-order valence-electron chi connectivity index (χ0n) is 11.3. The Labute approximate surface area is 102 Å². The molecule has 0 aromatic heterocycles. The minimum Gasteiger partial charge on any atom is -0.548 e. The van der Waals surface area contributed by atoms with Crippen LogP contribution in [0.3, 0.4) is 0 Å². The van der Waals surface area contributed by atoms with Crippen molar-refractivity contribution in [2.75, 3.05) is 0 Å². The first kappa shape index (κ1) is 13.6. The monoisotopic (exact) mass is 238 g/mol. The van der Waals surface area contributed by atoms with Crippen molar-refractivity contribution in [2.45, 2.75) is 52.2 Å². The SMILES string of the molecule is C=CCC(C)C1C=C(O[Si](C)(C)C)CCC1. The highest BCUT2D eigenvalue weighted by Crippen LogP contribution is 2.31. The van der Waals surface area contributed by atoms with Gasteiger partial charge in [-0.25, -0.2) is 0 Å². The van der Waals surface area contributed by atoms with E-state index in [9.17, 15) is 0 Å². The van der Waals surface area contributed by atoms with Gasteiger partial charge in [0.25, 0.3) is 0 Å². The van der Waals surface area contributed by atoms with Gasteiger partial charge in [-0.15, -0.1) is 6.58 Å². The topological polar surface area (TPSA) is 9.23 Å². The van der Waals surface area contributed by atoms with Crippen LogP contribution in [0.15, 0.2) is 24.5 Å². The molecule has 92 valence electrons. The molecule has 0 N–H and O–H groups in total. The lowest BCUT2D eigenvalue weighted by Crippen LogP contribution is -2.26. The highest BCUT2D eigenvalue weighted by molar-refractivity contribution is 6.70. The quantitative estimate of drug-likeness (QED) is 0.497. The summed E-state index contributed by atoms with van der Waals surface area (Å²) in [5.74, 6) is 2.66. The van der Waals surface area contributed by atoms with E-state index in [0.29, 0.717) is 11.8 Å². The summed E-state index contributed by atoms with van der Waals surface area (Å²) in [5.41, 5.74) is 0.